The molecular formula is C26H31N7O2. The maximum Gasteiger partial charge on any atom is 0.228 e. The van der Waals surface area contributed by atoms with Gasteiger partial charge < -0.3 is 24.4 Å². The number of nitrogens with zero attached hydrogens (tertiary/aromatic N) is 7. The Hall–Kier alpha value is -3.88. The second-order valence-corrected chi connectivity index (χ2v) is 9.41. The van der Waals surface area contributed by atoms with Crippen LogP contribution in [0.25, 0.3) is 21.8 Å². The Balaban J connectivity index is 1.53. The molecule has 0 saturated carbocycles. The Morgan fingerprint density at radius 1 is 1.06 bits per heavy atom. The summed E-state index contributed by atoms with van der Waals surface area (Å²) in [5.41, 5.74) is 2.42. The third-order valence-electron chi connectivity index (χ3n) is 6.62. The Labute approximate surface area is 204 Å². The fourth-order valence-electron chi connectivity index (χ4n) is 4.62. The van der Waals surface area contributed by atoms with Crippen molar-refractivity contribution in [1.82, 2.24) is 24.4 Å². The van der Waals surface area contributed by atoms with Crippen LogP contribution in [0, 0.1) is 0 Å². The zero-order chi connectivity index (χ0) is 24.7. The van der Waals surface area contributed by atoms with Gasteiger partial charge in [0.05, 0.1) is 23.1 Å². The number of benzene rings is 1. The lowest BCUT2D eigenvalue weighted by Gasteiger charge is -2.34. The number of carbonyl (C=O) groups excluding carboxylic acids is 1. The summed E-state index contributed by atoms with van der Waals surface area (Å²) < 4.78 is 1.82. The molecule has 9 heteroatoms. The molecule has 4 heterocycles. The third kappa shape index (κ3) is 4.34. The third-order valence-corrected chi connectivity index (χ3v) is 6.62. The maximum atomic E-state index is 11.8. The van der Waals surface area contributed by atoms with E-state index >= 15 is 0 Å². The highest BCUT2D eigenvalue weighted by Crippen LogP contribution is 2.35. The molecule has 0 bridgehead atoms. The molecule has 35 heavy (non-hydrogen) atoms. The van der Waals surface area contributed by atoms with Crippen LogP contribution in [-0.2, 0) is 11.3 Å². The summed E-state index contributed by atoms with van der Waals surface area (Å²) >= 11 is 0. The van der Waals surface area contributed by atoms with Gasteiger partial charge in [0.1, 0.15) is 11.3 Å². The van der Waals surface area contributed by atoms with Crippen LogP contribution in [0.15, 0.2) is 42.6 Å². The van der Waals surface area contributed by atoms with Crippen molar-refractivity contribution in [3.05, 3.63) is 48.3 Å². The summed E-state index contributed by atoms with van der Waals surface area (Å²) in [6.07, 6.45) is 1.92. The number of anilines is 2. The van der Waals surface area contributed by atoms with E-state index in [4.69, 9.17) is 15.0 Å². The fraction of sp³-hybridized carbons (Fsp3) is 0.385. The highest BCUT2D eigenvalue weighted by Gasteiger charge is 2.25. The molecule has 5 rings (SSSR count). The highest BCUT2D eigenvalue weighted by molar-refractivity contribution is 5.94. The number of amides is 1. The monoisotopic (exact) mass is 473 g/mol. The van der Waals surface area contributed by atoms with Gasteiger partial charge in [-0.1, -0.05) is 24.3 Å². The van der Waals surface area contributed by atoms with Gasteiger partial charge in [0.15, 0.2) is 0 Å². The maximum absolute atomic E-state index is 11.8. The number of hydrogen-bond acceptors (Lipinski definition) is 7. The topological polar surface area (TPSA) is 90.6 Å². The van der Waals surface area contributed by atoms with Crippen molar-refractivity contribution in [3.63, 3.8) is 0 Å². The SMILES string of the molecule is CC(=O)N1CCN(c2nc(N(C)Cc3ccc4ccccc4n3)c3cn(C(C)C)c(O)c3n2)CC1. The van der Waals surface area contributed by atoms with E-state index in [-0.39, 0.29) is 17.8 Å². The molecule has 0 aliphatic carbocycles. The van der Waals surface area contributed by atoms with E-state index in [0.717, 1.165) is 27.8 Å². The molecule has 1 amide bonds. The Kier molecular flexibility index (Phi) is 5.92. The molecule has 0 spiro atoms. The van der Waals surface area contributed by atoms with Gasteiger partial charge in [0.25, 0.3) is 0 Å². The van der Waals surface area contributed by atoms with Gasteiger partial charge in [0.2, 0.25) is 17.7 Å². The van der Waals surface area contributed by atoms with Crippen LogP contribution in [0.4, 0.5) is 11.8 Å². The molecule has 1 aromatic carbocycles. The van der Waals surface area contributed by atoms with Gasteiger partial charge in [-0.15, -0.1) is 0 Å². The number of piperazine rings is 1. The summed E-state index contributed by atoms with van der Waals surface area (Å²) in [6.45, 7) is 8.75. The van der Waals surface area contributed by atoms with Gasteiger partial charge >= 0.3 is 0 Å². The molecule has 1 aliphatic heterocycles. The average Bonchev–Trinajstić information content (AvgIpc) is 3.20. The van der Waals surface area contributed by atoms with Gasteiger partial charge in [0, 0.05) is 57.8 Å². The zero-order valence-electron chi connectivity index (χ0n) is 20.6. The van der Waals surface area contributed by atoms with E-state index in [0.29, 0.717) is 44.2 Å². The summed E-state index contributed by atoms with van der Waals surface area (Å²) in [6, 6.07) is 12.3. The van der Waals surface area contributed by atoms with E-state index in [2.05, 4.69) is 21.9 Å². The van der Waals surface area contributed by atoms with Crippen molar-refractivity contribution < 1.29 is 9.90 Å². The molecule has 4 aromatic rings. The molecule has 1 aliphatic rings. The first-order chi connectivity index (χ1) is 16.8. The smallest absolute Gasteiger partial charge is 0.228 e. The van der Waals surface area contributed by atoms with Crippen molar-refractivity contribution in [1.29, 1.82) is 0 Å². The van der Waals surface area contributed by atoms with Gasteiger partial charge in [-0.05, 0) is 26.0 Å². The van der Waals surface area contributed by atoms with Gasteiger partial charge in [-0.25, -0.2) is 4.98 Å². The lowest BCUT2D eigenvalue weighted by molar-refractivity contribution is -0.129. The first-order valence-electron chi connectivity index (χ1n) is 12.0. The minimum atomic E-state index is 0.0760. The van der Waals surface area contributed by atoms with Crippen LogP contribution in [0.5, 0.6) is 5.88 Å². The number of carbonyl (C=O) groups is 1. The number of para-hydroxylation sites is 1. The number of rotatable bonds is 5. The van der Waals surface area contributed by atoms with Gasteiger partial charge in [-0.2, -0.15) is 4.98 Å². The molecule has 3 aromatic heterocycles. The first-order valence-corrected chi connectivity index (χ1v) is 12.0. The lowest BCUT2D eigenvalue weighted by Crippen LogP contribution is -2.48. The van der Waals surface area contributed by atoms with Crippen molar-refractivity contribution in [3.8, 4) is 5.88 Å². The molecule has 0 unspecified atom stereocenters. The summed E-state index contributed by atoms with van der Waals surface area (Å²) in [5.74, 6) is 1.52. The van der Waals surface area contributed by atoms with Crippen LogP contribution < -0.4 is 9.80 Å². The van der Waals surface area contributed by atoms with Crippen LogP contribution in [0.3, 0.4) is 0 Å². The quantitative estimate of drug-likeness (QED) is 0.474. The lowest BCUT2D eigenvalue weighted by atomic mass is 10.2. The van der Waals surface area contributed by atoms with Crippen LogP contribution >= 0.6 is 0 Å². The van der Waals surface area contributed by atoms with E-state index in [1.54, 1.807) is 6.92 Å². The Morgan fingerprint density at radius 3 is 2.51 bits per heavy atom. The van der Waals surface area contributed by atoms with E-state index in [1.807, 2.05) is 60.8 Å². The first kappa shape index (κ1) is 22.9. The molecule has 182 valence electrons. The van der Waals surface area contributed by atoms with Gasteiger partial charge in [-0.3, -0.25) is 9.78 Å². The summed E-state index contributed by atoms with van der Waals surface area (Å²) in [5, 5.41) is 12.9. The molecule has 0 atom stereocenters. The standard InChI is InChI=1S/C26H31N7O2/c1-17(2)33-16-21-23(25(33)35)28-26(32-13-11-31(12-14-32)18(3)34)29-24(21)30(4)15-20-10-9-19-7-5-6-8-22(19)27-20/h5-10,16-17,35H,11-15H2,1-4H3. The largest absolute Gasteiger partial charge is 0.493 e. The zero-order valence-corrected chi connectivity index (χ0v) is 20.6. The average molecular weight is 474 g/mol. The molecule has 0 radical (unpaired) electrons. The Morgan fingerprint density at radius 2 is 1.80 bits per heavy atom. The number of aromatic nitrogens is 4. The Bertz CT molecular complexity index is 1390. The minimum Gasteiger partial charge on any atom is -0.493 e. The predicted octanol–water partition coefficient (Wildman–Crippen LogP) is 3.57. The predicted molar refractivity (Wildman–Crippen MR) is 138 cm³/mol. The fourth-order valence-corrected chi connectivity index (χ4v) is 4.62. The summed E-state index contributed by atoms with van der Waals surface area (Å²) in [4.78, 5) is 32.3. The van der Waals surface area contributed by atoms with E-state index in [1.165, 1.54) is 0 Å². The minimum absolute atomic E-state index is 0.0760. The van der Waals surface area contributed by atoms with Crippen LogP contribution in [0.1, 0.15) is 32.5 Å². The van der Waals surface area contributed by atoms with Crippen LogP contribution in [0.2, 0.25) is 0 Å². The molecule has 1 N–H and O–H groups in total. The van der Waals surface area contributed by atoms with Crippen molar-refractivity contribution in [2.75, 3.05) is 43.0 Å². The van der Waals surface area contributed by atoms with Crippen LogP contribution in [-0.4, -0.2) is 68.7 Å². The van der Waals surface area contributed by atoms with E-state index in [9.17, 15) is 9.90 Å². The molecule has 1 saturated heterocycles. The molecule has 1 fully saturated rings. The van der Waals surface area contributed by atoms with E-state index < -0.39 is 0 Å². The number of hydrogen-bond donors (Lipinski definition) is 1. The van der Waals surface area contributed by atoms with Crippen molar-refractivity contribution in [2.45, 2.75) is 33.4 Å². The second-order valence-electron chi connectivity index (χ2n) is 9.41. The highest BCUT2D eigenvalue weighted by atomic mass is 16.3. The summed E-state index contributed by atoms with van der Waals surface area (Å²) in [7, 11) is 1.99. The second kappa shape index (κ2) is 9.05. The normalized spacial score (nSPS) is 14.3. The van der Waals surface area contributed by atoms with Crippen molar-refractivity contribution in [2.24, 2.45) is 0 Å². The molecular weight excluding hydrogens is 442 g/mol. The number of pyridine rings is 1. The number of fused-ring (bicyclic) bond motifs is 2. The van der Waals surface area contributed by atoms with Crippen molar-refractivity contribution >= 4 is 39.5 Å². The molecule has 9 nitrogen and oxygen atoms in total. The number of aromatic hydroxyl groups is 1.